The fourth-order valence-electron chi connectivity index (χ4n) is 0.707. The van der Waals surface area contributed by atoms with Crippen LogP contribution in [0.2, 0.25) is 0 Å². The number of rotatable bonds is 2. The highest BCUT2D eigenvalue weighted by atomic mass is 19.4. The lowest BCUT2D eigenvalue weighted by Gasteiger charge is -2.07. The second-order valence-corrected chi connectivity index (χ2v) is 1.99. The van der Waals surface area contributed by atoms with Crippen LogP contribution in [0.4, 0.5) is 13.2 Å². The van der Waals surface area contributed by atoms with Crippen molar-refractivity contribution in [1.29, 1.82) is 0 Å². The van der Waals surface area contributed by atoms with Crippen molar-refractivity contribution < 1.29 is 13.2 Å². The average Bonchev–Trinajstić information content (AvgIpc) is 1.80. The summed E-state index contributed by atoms with van der Waals surface area (Å²) < 4.78 is 35.5. The molecule has 0 aromatic rings. The zero-order valence-electron chi connectivity index (χ0n) is 6.13. The molecule has 0 aliphatic heterocycles. The van der Waals surface area contributed by atoms with Gasteiger partial charge in [-0.1, -0.05) is 19.9 Å². The summed E-state index contributed by atoms with van der Waals surface area (Å²) in [6, 6.07) is 0. The molecular weight excluding hydrogens is 141 g/mol. The van der Waals surface area contributed by atoms with Gasteiger partial charge in [0.2, 0.25) is 0 Å². The van der Waals surface area contributed by atoms with Gasteiger partial charge in [-0.2, -0.15) is 13.2 Å². The minimum absolute atomic E-state index is 0.0668. The fraction of sp³-hybridized carbons (Fsp3) is 0.714. The van der Waals surface area contributed by atoms with E-state index in [9.17, 15) is 13.2 Å². The van der Waals surface area contributed by atoms with Gasteiger partial charge in [0.25, 0.3) is 0 Å². The van der Waals surface area contributed by atoms with Crippen LogP contribution in [0.25, 0.3) is 0 Å². The molecule has 0 aliphatic carbocycles. The highest BCUT2D eigenvalue weighted by molar-refractivity contribution is 5.07. The standard InChI is InChI=1S/C7H11F3/c1-3-5-6(4-2)7(8,9)10/h5H,3-4H2,1-2H3. The van der Waals surface area contributed by atoms with Crippen molar-refractivity contribution in [2.45, 2.75) is 32.9 Å². The highest BCUT2D eigenvalue weighted by Crippen LogP contribution is 2.27. The summed E-state index contributed by atoms with van der Waals surface area (Å²) in [6.07, 6.45) is -2.38. The van der Waals surface area contributed by atoms with Crippen molar-refractivity contribution in [2.24, 2.45) is 0 Å². The topological polar surface area (TPSA) is 0 Å². The first-order valence-corrected chi connectivity index (χ1v) is 3.28. The lowest BCUT2D eigenvalue weighted by molar-refractivity contribution is -0.0937. The summed E-state index contributed by atoms with van der Waals surface area (Å²) in [5.41, 5.74) is -0.421. The molecule has 0 atom stereocenters. The van der Waals surface area contributed by atoms with Gasteiger partial charge in [-0.25, -0.2) is 0 Å². The molecule has 0 aromatic carbocycles. The van der Waals surface area contributed by atoms with E-state index in [1.165, 1.54) is 13.0 Å². The van der Waals surface area contributed by atoms with Gasteiger partial charge >= 0.3 is 6.18 Å². The van der Waals surface area contributed by atoms with E-state index in [0.29, 0.717) is 6.42 Å². The summed E-state index contributed by atoms with van der Waals surface area (Å²) in [5.74, 6) is 0. The van der Waals surface area contributed by atoms with Crippen LogP contribution in [0.15, 0.2) is 11.6 Å². The molecule has 10 heavy (non-hydrogen) atoms. The zero-order valence-corrected chi connectivity index (χ0v) is 6.13. The summed E-state index contributed by atoms with van der Waals surface area (Å²) >= 11 is 0. The van der Waals surface area contributed by atoms with Crippen LogP contribution in [0.1, 0.15) is 26.7 Å². The van der Waals surface area contributed by atoms with Crippen molar-refractivity contribution in [3.63, 3.8) is 0 Å². The van der Waals surface area contributed by atoms with Crippen molar-refractivity contribution in [2.75, 3.05) is 0 Å². The number of alkyl halides is 3. The van der Waals surface area contributed by atoms with Gasteiger partial charge in [-0.15, -0.1) is 0 Å². The zero-order chi connectivity index (χ0) is 8.20. The third-order valence-electron chi connectivity index (χ3n) is 1.20. The molecule has 0 amide bonds. The number of halogens is 3. The molecule has 0 saturated carbocycles. The Morgan fingerprint density at radius 1 is 1.30 bits per heavy atom. The largest absolute Gasteiger partial charge is 0.412 e. The minimum atomic E-state index is -4.12. The van der Waals surface area contributed by atoms with E-state index in [4.69, 9.17) is 0 Å². The molecule has 0 unspecified atom stereocenters. The molecule has 0 radical (unpaired) electrons. The van der Waals surface area contributed by atoms with E-state index in [-0.39, 0.29) is 6.42 Å². The predicted octanol–water partition coefficient (Wildman–Crippen LogP) is 3.30. The monoisotopic (exact) mass is 152 g/mol. The Balaban J connectivity index is 4.21. The van der Waals surface area contributed by atoms with Gasteiger partial charge in [0.05, 0.1) is 0 Å². The number of allylic oxidation sites excluding steroid dienone is 2. The molecular formula is C7H11F3. The van der Waals surface area contributed by atoms with Crippen LogP contribution in [0.3, 0.4) is 0 Å². The van der Waals surface area contributed by atoms with Crippen LogP contribution in [0.5, 0.6) is 0 Å². The summed E-state index contributed by atoms with van der Waals surface area (Å²) in [5, 5.41) is 0. The van der Waals surface area contributed by atoms with E-state index in [2.05, 4.69) is 0 Å². The molecule has 0 nitrogen and oxygen atoms in total. The van der Waals surface area contributed by atoms with Gasteiger partial charge in [-0.3, -0.25) is 0 Å². The first-order chi connectivity index (χ1) is 4.52. The van der Waals surface area contributed by atoms with E-state index in [1.54, 1.807) is 6.92 Å². The van der Waals surface area contributed by atoms with Crippen LogP contribution >= 0.6 is 0 Å². The Kier molecular flexibility index (Phi) is 3.47. The quantitative estimate of drug-likeness (QED) is 0.532. The van der Waals surface area contributed by atoms with Crippen LogP contribution in [0, 0.1) is 0 Å². The maximum absolute atomic E-state index is 11.8. The fourth-order valence-corrected chi connectivity index (χ4v) is 0.707. The predicted molar refractivity (Wildman–Crippen MR) is 34.7 cm³/mol. The minimum Gasteiger partial charge on any atom is -0.166 e. The molecule has 0 spiro atoms. The smallest absolute Gasteiger partial charge is 0.166 e. The number of hydrogen-bond donors (Lipinski definition) is 0. The summed E-state index contributed by atoms with van der Waals surface area (Å²) in [6.45, 7) is 3.20. The highest BCUT2D eigenvalue weighted by Gasteiger charge is 2.31. The van der Waals surface area contributed by atoms with Crippen molar-refractivity contribution >= 4 is 0 Å². The first-order valence-electron chi connectivity index (χ1n) is 3.28. The van der Waals surface area contributed by atoms with Crippen LogP contribution < -0.4 is 0 Å². The lowest BCUT2D eigenvalue weighted by atomic mass is 10.1. The molecule has 60 valence electrons. The normalized spacial score (nSPS) is 13.9. The number of hydrogen-bond acceptors (Lipinski definition) is 0. The Morgan fingerprint density at radius 2 is 1.80 bits per heavy atom. The van der Waals surface area contributed by atoms with E-state index in [1.807, 2.05) is 0 Å². The third-order valence-corrected chi connectivity index (χ3v) is 1.20. The van der Waals surface area contributed by atoms with Crippen LogP contribution in [-0.4, -0.2) is 6.18 Å². The molecule has 3 heteroatoms. The summed E-state index contributed by atoms with van der Waals surface area (Å²) in [4.78, 5) is 0. The molecule has 0 heterocycles. The van der Waals surface area contributed by atoms with Crippen molar-refractivity contribution in [1.82, 2.24) is 0 Å². The third kappa shape index (κ3) is 2.90. The average molecular weight is 152 g/mol. The van der Waals surface area contributed by atoms with Gasteiger partial charge in [0.15, 0.2) is 0 Å². The van der Waals surface area contributed by atoms with Crippen molar-refractivity contribution in [3.8, 4) is 0 Å². The molecule has 0 N–H and O–H groups in total. The Morgan fingerprint density at radius 3 is 1.90 bits per heavy atom. The first kappa shape index (κ1) is 9.53. The Hall–Kier alpha value is -0.470. The van der Waals surface area contributed by atoms with Gasteiger partial charge in [0, 0.05) is 5.57 Å². The van der Waals surface area contributed by atoms with E-state index >= 15 is 0 Å². The van der Waals surface area contributed by atoms with E-state index in [0.717, 1.165) is 0 Å². The second-order valence-electron chi connectivity index (χ2n) is 1.99. The molecule has 0 bridgehead atoms. The van der Waals surface area contributed by atoms with Gasteiger partial charge in [-0.05, 0) is 12.8 Å². The molecule has 0 saturated heterocycles. The maximum atomic E-state index is 11.8. The Bertz CT molecular complexity index is 121. The van der Waals surface area contributed by atoms with Crippen molar-refractivity contribution in [3.05, 3.63) is 11.6 Å². The van der Waals surface area contributed by atoms with Crippen LogP contribution in [-0.2, 0) is 0 Å². The Labute approximate surface area is 58.7 Å². The second kappa shape index (κ2) is 3.64. The van der Waals surface area contributed by atoms with E-state index < -0.39 is 11.7 Å². The molecule has 0 aliphatic rings. The molecule has 0 rings (SSSR count). The van der Waals surface area contributed by atoms with Gasteiger partial charge in [0.1, 0.15) is 0 Å². The molecule has 0 fully saturated rings. The van der Waals surface area contributed by atoms with Gasteiger partial charge < -0.3 is 0 Å². The SMILES string of the molecule is CCC=C(CC)C(F)(F)F. The molecule has 0 aromatic heterocycles. The maximum Gasteiger partial charge on any atom is 0.412 e. The lowest BCUT2D eigenvalue weighted by Crippen LogP contribution is -2.10. The summed E-state index contributed by atoms with van der Waals surface area (Å²) in [7, 11) is 0.